The van der Waals surface area contributed by atoms with Crippen molar-refractivity contribution in [1.29, 1.82) is 0 Å². The molecule has 1 amide bonds. The van der Waals surface area contributed by atoms with Gasteiger partial charge < -0.3 is 10.1 Å². The smallest absolute Gasteiger partial charge is 0.263 e. The average Bonchev–Trinajstić information content (AvgIpc) is 3.40. The second kappa shape index (κ2) is 9.39. The van der Waals surface area contributed by atoms with E-state index >= 15 is 0 Å². The van der Waals surface area contributed by atoms with E-state index < -0.39 is 0 Å². The van der Waals surface area contributed by atoms with Crippen LogP contribution in [0.15, 0.2) is 48.8 Å². The predicted molar refractivity (Wildman–Crippen MR) is 111 cm³/mol. The fourth-order valence-corrected chi connectivity index (χ4v) is 3.73. The van der Waals surface area contributed by atoms with Gasteiger partial charge in [-0.15, -0.1) is 16.4 Å². The summed E-state index contributed by atoms with van der Waals surface area (Å²) in [5.41, 5.74) is 1.50. The number of pyridine rings is 1. The van der Waals surface area contributed by atoms with E-state index in [4.69, 9.17) is 4.74 Å². The summed E-state index contributed by atoms with van der Waals surface area (Å²) in [6.45, 7) is 2.79. The molecule has 0 bridgehead atoms. The molecule has 0 aliphatic heterocycles. The number of tetrazole rings is 1. The van der Waals surface area contributed by atoms with Crippen LogP contribution < -0.4 is 10.1 Å². The van der Waals surface area contributed by atoms with Crippen LogP contribution in [0.5, 0.6) is 5.75 Å². The van der Waals surface area contributed by atoms with E-state index in [1.165, 1.54) is 23.5 Å². The minimum absolute atomic E-state index is 0.219. The van der Waals surface area contributed by atoms with Crippen molar-refractivity contribution in [2.24, 2.45) is 0 Å². The molecule has 0 unspecified atom stereocenters. The summed E-state index contributed by atoms with van der Waals surface area (Å²) in [5, 5.41) is 15.1. The van der Waals surface area contributed by atoms with Crippen molar-refractivity contribution in [3.63, 3.8) is 0 Å². The Kier molecular flexibility index (Phi) is 6.22. The third kappa shape index (κ3) is 5.07. The topological polar surface area (TPSA) is 108 Å². The fraction of sp³-hybridized carbons (Fsp3) is 0.200. The van der Waals surface area contributed by atoms with Crippen molar-refractivity contribution >= 4 is 17.2 Å². The van der Waals surface area contributed by atoms with Crippen molar-refractivity contribution in [3.8, 4) is 16.6 Å². The van der Waals surface area contributed by atoms with Gasteiger partial charge in [0.05, 0.1) is 12.2 Å². The van der Waals surface area contributed by atoms with Crippen LogP contribution in [0.1, 0.15) is 20.9 Å². The van der Waals surface area contributed by atoms with E-state index in [1.54, 1.807) is 36.1 Å². The van der Waals surface area contributed by atoms with Crippen LogP contribution in [0.25, 0.3) is 10.8 Å². The summed E-state index contributed by atoms with van der Waals surface area (Å²) in [5.74, 6) is 0.453. The van der Waals surface area contributed by atoms with E-state index in [-0.39, 0.29) is 18.3 Å². The number of hydrogen-bond acceptors (Lipinski definition) is 8. The number of carbonyl (C=O) groups excluding carboxylic acids is 1. The lowest BCUT2D eigenvalue weighted by Gasteiger charge is -2.06. The number of aromatic nitrogens is 6. The second-order valence-electron chi connectivity index (χ2n) is 6.51. The molecule has 31 heavy (non-hydrogen) atoms. The predicted octanol–water partition coefficient (Wildman–Crippen LogP) is 2.65. The molecule has 0 radical (unpaired) electrons. The van der Waals surface area contributed by atoms with Crippen LogP contribution in [0, 0.1) is 12.7 Å². The number of aryl methyl sites for hydroxylation is 1. The minimum Gasteiger partial charge on any atom is -0.492 e. The van der Waals surface area contributed by atoms with Gasteiger partial charge in [0.15, 0.2) is 5.01 Å². The van der Waals surface area contributed by atoms with Gasteiger partial charge in [-0.2, -0.15) is 0 Å². The van der Waals surface area contributed by atoms with Crippen LogP contribution in [-0.4, -0.2) is 42.7 Å². The zero-order chi connectivity index (χ0) is 21.6. The number of halogens is 1. The Morgan fingerprint density at radius 3 is 2.87 bits per heavy atom. The standard InChI is InChI=1S/C20H18FN7O2S/c1-13-17(19(29)23-12-14-3-2-8-22-11-14)31-20(24-13)18-25-26-27-28(18)9-10-30-16-6-4-15(21)5-7-16/h2-8,11H,9-10,12H2,1H3,(H,23,29). The van der Waals surface area contributed by atoms with Crippen molar-refractivity contribution in [1.82, 2.24) is 35.5 Å². The lowest BCUT2D eigenvalue weighted by Crippen LogP contribution is -2.22. The van der Waals surface area contributed by atoms with Crippen LogP contribution in [0.4, 0.5) is 4.39 Å². The van der Waals surface area contributed by atoms with Crippen LogP contribution in [0.2, 0.25) is 0 Å². The Balaban J connectivity index is 1.40. The molecule has 0 fully saturated rings. The molecule has 0 saturated carbocycles. The number of benzene rings is 1. The number of carbonyl (C=O) groups is 1. The minimum atomic E-state index is -0.325. The van der Waals surface area contributed by atoms with Crippen molar-refractivity contribution < 1.29 is 13.9 Å². The molecule has 1 aromatic carbocycles. The maximum Gasteiger partial charge on any atom is 0.263 e. The number of amides is 1. The molecule has 1 N–H and O–H groups in total. The largest absolute Gasteiger partial charge is 0.492 e. The Morgan fingerprint density at radius 2 is 2.10 bits per heavy atom. The third-order valence-electron chi connectivity index (χ3n) is 4.29. The first-order valence-electron chi connectivity index (χ1n) is 9.39. The molecule has 11 heteroatoms. The van der Waals surface area contributed by atoms with Gasteiger partial charge in [0.25, 0.3) is 5.91 Å². The quantitative estimate of drug-likeness (QED) is 0.450. The number of hydrogen-bond donors (Lipinski definition) is 1. The lowest BCUT2D eigenvalue weighted by atomic mass is 10.3. The van der Waals surface area contributed by atoms with Gasteiger partial charge in [-0.05, 0) is 53.2 Å². The van der Waals surface area contributed by atoms with E-state index in [9.17, 15) is 9.18 Å². The molecule has 158 valence electrons. The molecule has 0 aliphatic rings. The summed E-state index contributed by atoms with van der Waals surface area (Å²) in [6.07, 6.45) is 3.38. The molecular formula is C20H18FN7O2S. The highest BCUT2D eigenvalue weighted by atomic mass is 32.1. The molecule has 0 spiro atoms. The number of rotatable bonds is 8. The molecular weight excluding hydrogens is 421 g/mol. The molecule has 3 aromatic heterocycles. The first kappa shape index (κ1) is 20.5. The Morgan fingerprint density at radius 1 is 1.26 bits per heavy atom. The maximum absolute atomic E-state index is 13.0. The Bertz CT molecular complexity index is 1160. The Labute approximate surface area is 180 Å². The van der Waals surface area contributed by atoms with Gasteiger partial charge in [-0.3, -0.25) is 9.78 Å². The fourth-order valence-electron chi connectivity index (χ4n) is 2.76. The maximum atomic E-state index is 13.0. The van der Waals surface area contributed by atoms with E-state index in [1.807, 2.05) is 12.1 Å². The zero-order valence-corrected chi connectivity index (χ0v) is 17.3. The molecule has 0 atom stereocenters. The number of nitrogens with zero attached hydrogens (tertiary/aromatic N) is 6. The van der Waals surface area contributed by atoms with Crippen molar-refractivity contribution in [3.05, 3.63) is 70.7 Å². The highest BCUT2D eigenvalue weighted by Gasteiger charge is 2.20. The van der Waals surface area contributed by atoms with E-state index in [0.29, 0.717) is 40.2 Å². The number of thiazole rings is 1. The first-order valence-corrected chi connectivity index (χ1v) is 10.2. The number of nitrogens with one attached hydrogen (secondary N) is 1. The molecule has 4 aromatic rings. The van der Waals surface area contributed by atoms with Crippen LogP contribution >= 0.6 is 11.3 Å². The van der Waals surface area contributed by atoms with E-state index in [0.717, 1.165) is 5.56 Å². The van der Waals surface area contributed by atoms with Gasteiger partial charge in [0.1, 0.15) is 23.1 Å². The van der Waals surface area contributed by atoms with Gasteiger partial charge in [-0.1, -0.05) is 6.07 Å². The normalized spacial score (nSPS) is 10.8. The highest BCUT2D eigenvalue weighted by molar-refractivity contribution is 7.17. The molecule has 0 aliphatic carbocycles. The summed E-state index contributed by atoms with van der Waals surface area (Å²) < 4.78 is 20.1. The van der Waals surface area contributed by atoms with Gasteiger partial charge in [-0.25, -0.2) is 14.1 Å². The summed E-state index contributed by atoms with van der Waals surface area (Å²) >= 11 is 1.22. The monoisotopic (exact) mass is 439 g/mol. The average molecular weight is 439 g/mol. The lowest BCUT2D eigenvalue weighted by molar-refractivity contribution is 0.0954. The summed E-state index contributed by atoms with van der Waals surface area (Å²) in [4.78, 5) is 21.6. The van der Waals surface area contributed by atoms with Gasteiger partial charge >= 0.3 is 0 Å². The second-order valence-corrected chi connectivity index (χ2v) is 7.50. The van der Waals surface area contributed by atoms with Gasteiger partial charge in [0, 0.05) is 18.9 Å². The molecule has 4 rings (SSSR count). The van der Waals surface area contributed by atoms with Gasteiger partial charge in [0.2, 0.25) is 5.82 Å². The summed E-state index contributed by atoms with van der Waals surface area (Å²) in [7, 11) is 0. The first-order chi connectivity index (χ1) is 15.1. The highest BCUT2D eigenvalue weighted by Crippen LogP contribution is 2.26. The molecule has 0 saturated heterocycles. The van der Waals surface area contributed by atoms with Crippen molar-refractivity contribution in [2.75, 3.05) is 6.61 Å². The SMILES string of the molecule is Cc1nc(-c2nnnn2CCOc2ccc(F)cc2)sc1C(=O)NCc1cccnc1. The zero-order valence-electron chi connectivity index (χ0n) is 16.5. The van der Waals surface area contributed by atoms with Crippen molar-refractivity contribution in [2.45, 2.75) is 20.0 Å². The van der Waals surface area contributed by atoms with E-state index in [2.05, 4.69) is 30.8 Å². The molecule has 9 nitrogen and oxygen atoms in total. The van der Waals surface area contributed by atoms with Crippen LogP contribution in [0.3, 0.4) is 0 Å². The van der Waals surface area contributed by atoms with Crippen LogP contribution in [-0.2, 0) is 13.1 Å². The summed E-state index contributed by atoms with van der Waals surface area (Å²) in [6, 6.07) is 9.47. The third-order valence-corrected chi connectivity index (χ3v) is 5.44. The number of ether oxygens (including phenoxy) is 1. The Hall–Kier alpha value is -3.73. The molecule has 3 heterocycles.